The van der Waals surface area contributed by atoms with Crippen LogP contribution in [-0.2, 0) is 0 Å². The Kier molecular flexibility index (Phi) is 4.27. The van der Waals surface area contributed by atoms with E-state index < -0.39 is 4.92 Å². The lowest BCUT2D eigenvalue weighted by Gasteiger charge is -2.15. The van der Waals surface area contributed by atoms with Crippen molar-refractivity contribution in [3.8, 4) is 5.88 Å². The van der Waals surface area contributed by atoms with Crippen LogP contribution in [0.15, 0.2) is 30.6 Å². The van der Waals surface area contributed by atoms with Gasteiger partial charge in [0.15, 0.2) is 0 Å². The molecule has 0 aliphatic heterocycles. The highest BCUT2D eigenvalue weighted by Gasteiger charge is 2.25. The number of halogens is 1. The summed E-state index contributed by atoms with van der Waals surface area (Å²) in [4.78, 5) is 18.1. The number of aromatic nitrogens is 2. The van der Waals surface area contributed by atoms with E-state index in [0.29, 0.717) is 5.56 Å². The summed E-state index contributed by atoms with van der Waals surface area (Å²) in [5.74, 6) is -0.497. The molecular formula is C13H13FN4O3. The SMILES string of the molecule is COc1ncnc(NC(C)c2cccc(F)c2)c1[N+](=O)[O-]. The molecule has 1 aromatic carbocycles. The summed E-state index contributed by atoms with van der Waals surface area (Å²) in [6.07, 6.45) is 1.16. The lowest BCUT2D eigenvalue weighted by Crippen LogP contribution is -2.11. The summed E-state index contributed by atoms with van der Waals surface area (Å²) in [6, 6.07) is 5.58. The van der Waals surface area contributed by atoms with Gasteiger partial charge in [-0.2, -0.15) is 4.98 Å². The van der Waals surface area contributed by atoms with Crippen molar-refractivity contribution in [2.45, 2.75) is 13.0 Å². The van der Waals surface area contributed by atoms with E-state index >= 15 is 0 Å². The van der Waals surface area contributed by atoms with Crippen molar-refractivity contribution in [2.75, 3.05) is 12.4 Å². The molecule has 2 aromatic rings. The fourth-order valence-corrected chi connectivity index (χ4v) is 1.85. The van der Waals surface area contributed by atoms with Crippen LogP contribution in [-0.4, -0.2) is 22.0 Å². The maximum atomic E-state index is 13.2. The summed E-state index contributed by atoms with van der Waals surface area (Å²) in [5, 5.41) is 14.0. The fourth-order valence-electron chi connectivity index (χ4n) is 1.85. The van der Waals surface area contributed by atoms with Crippen molar-refractivity contribution < 1.29 is 14.1 Å². The lowest BCUT2D eigenvalue weighted by atomic mass is 10.1. The Morgan fingerprint density at radius 2 is 2.19 bits per heavy atom. The predicted molar refractivity (Wildman–Crippen MR) is 73.7 cm³/mol. The quantitative estimate of drug-likeness (QED) is 0.673. The summed E-state index contributed by atoms with van der Waals surface area (Å²) in [5.41, 5.74) is 0.283. The van der Waals surface area contributed by atoms with Crippen LogP contribution < -0.4 is 10.1 Å². The van der Waals surface area contributed by atoms with Crippen molar-refractivity contribution in [3.05, 3.63) is 52.1 Å². The summed E-state index contributed by atoms with van der Waals surface area (Å²) < 4.78 is 18.1. The van der Waals surface area contributed by atoms with Crippen molar-refractivity contribution >= 4 is 11.5 Å². The monoisotopic (exact) mass is 292 g/mol. The van der Waals surface area contributed by atoms with Gasteiger partial charge in [0, 0.05) is 0 Å². The maximum absolute atomic E-state index is 13.2. The van der Waals surface area contributed by atoms with Crippen molar-refractivity contribution in [3.63, 3.8) is 0 Å². The Bertz CT molecular complexity index is 666. The van der Waals surface area contributed by atoms with E-state index in [1.165, 1.54) is 19.2 Å². The summed E-state index contributed by atoms with van der Waals surface area (Å²) >= 11 is 0. The van der Waals surface area contributed by atoms with E-state index in [9.17, 15) is 14.5 Å². The molecule has 7 nitrogen and oxygen atoms in total. The molecule has 1 aromatic heterocycles. The van der Waals surface area contributed by atoms with Crippen molar-refractivity contribution in [1.29, 1.82) is 0 Å². The molecule has 0 aliphatic carbocycles. The number of hydrogen-bond acceptors (Lipinski definition) is 6. The second-order valence-electron chi connectivity index (χ2n) is 4.26. The standard InChI is InChI=1S/C13H13FN4O3/c1-8(9-4-3-5-10(14)6-9)17-12-11(18(19)20)13(21-2)16-7-15-12/h3-8H,1-2H3,(H,15,16,17). The third-order valence-electron chi connectivity index (χ3n) is 2.87. The maximum Gasteiger partial charge on any atom is 0.372 e. The first-order valence-corrected chi connectivity index (χ1v) is 6.08. The van der Waals surface area contributed by atoms with Gasteiger partial charge >= 0.3 is 5.69 Å². The minimum atomic E-state index is -0.626. The summed E-state index contributed by atoms with van der Waals surface area (Å²) in [7, 11) is 1.29. The average Bonchev–Trinajstić information content (AvgIpc) is 2.46. The summed E-state index contributed by atoms with van der Waals surface area (Å²) in [6.45, 7) is 1.74. The minimum Gasteiger partial charge on any atom is -0.476 e. The van der Waals surface area contributed by atoms with Crippen LogP contribution in [0.5, 0.6) is 5.88 Å². The molecule has 8 heteroatoms. The van der Waals surface area contributed by atoms with Gasteiger partial charge in [-0.3, -0.25) is 10.1 Å². The molecule has 1 atom stereocenters. The molecule has 1 heterocycles. The average molecular weight is 292 g/mol. The second-order valence-corrected chi connectivity index (χ2v) is 4.26. The topological polar surface area (TPSA) is 90.2 Å². The largest absolute Gasteiger partial charge is 0.476 e. The van der Waals surface area contributed by atoms with E-state index in [-0.39, 0.29) is 29.2 Å². The first-order valence-electron chi connectivity index (χ1n) is 6.08. The van der Waals surface area contributed by atoms with E-state index in [1.807, 2.05) is 0 Å². The third-order valence-corrected chi connectivity index (χ3v) is 2.87. The normalized spacial score (nSPS) is 11.8. The van der Waals surface area contributed by atoms with Gasteiger partial charge in [-0.05, 0) is 24.6 Å². The lowest BCUT2D eigenvalue weighted by molar-refractivity contribution is -0.385. The predicted octanol–water partition coefficient (Wildman–Crippen LogP) is 2.71. The first kappa shape index (κ1) is 14.6. The minimum absolute atomic E-state index is 0.0172. The zero-order chi connectivity index (χ0) is 15.4. The van der Waals surface area contributed by atoms with Gasteiger partial charge in [0.05, 0.1) is 18.1 Å². The molecule has 0 saturated carbocycles. The first-order chi connectivity index (χ1) is 10.0. The van der Waals surface area contributed by atoms with Gasteiger partial charge in [0.1, 0.15) is 12.1 Å². The zero-order valence-corrected chi connectivity index (χ0v) is 11.4. The van der Waals surface area contributed by atoms with Crippen molar-refractivity contribution in [1.82, 2.24) is 9.97 Å². The van der Waals surface area contributed by atoms with E-state index in [0.717, 1.165) is 6.33 Å². The number of methoxy groups -OCH3 is 1. The van der Waals surface area contributed by atoms with Gasteiger partial charge in [0.2, 0.25) is 5.82 Å². The number of anilines is 1. The fraction of sp³-hybridized carbons (Fsp3) is 0.231. The molecule has 0 spiro atoms. The highest BCUT2D eigenvalue weighted by Crippen LogP contribution is 2.32. The molecule has 0 amide bonds. The van der Waals surface area contributed by atoms with Crippen LogP contribution in [0.25, 0.3) is 0 Å². The number of benzene rings is 1. The molecule has 2 rings (SSSR count). The molecule has 0 radical (unpaired) electrons. The molecule has 21 heavy (non-hydrogen) atoms. The van der Waals surface area contributed by atoms with Crippen LogP contribution in [0, 0.1) is 15.9 Å². The molecule has 1 N–H and O–H groups in total. The molecule has 0 bridgehead atoms. The Morgan fingerprint density at radius 1 is 1.43 bits per heavy atom. The van der Waals surface area contributed by atoms with Gasteiger partial charge in [-0.25, -0.2) is 9.37 Å². The Morgan fingerprint density at radius 3 is 2.81 bits per heavy atom. The second kappa shape index (κ2) is 6.12. The van der Waals surface area contributed by atoms with Crippen LogP contribution in [0.4, 0.5) is 15.9 Å². The van der Waals surface area contributed by atoms with Crippen LogP contribution >= 0.6 is 0 Å². The Hall–Kier alpha value is -2.77. The van der Waals surface area contributed by atoms with Gasteiger partial charge in [-0.15, -0.1) is 0 Å². The third kappa shape index (κ3) is 3.22. The smallest absolute Gasteiger partial charge is 0.372 e. The van der Waals surface area contributed by atoms with E-state index in [4.69, 9.17) is 4.74 Å². The molecule has 0 fully saturated rings. The molecule has 1 unspecified atom stereocenters. The zero-order valence-electron chi connectivity index (χ0n) is 11.4. The highest BCUT2D eigenvalue weighted by atomic mass is 19.1. The van der Waals surface area contributed by atoms with Gasteiger partial charge in [-0.1, -0.05) is 12.1 Å². The van der Waals surface area contributed by atoms with E-state index in [1.54, 1.807) is 19.1 Å². The number of hydrogen-bond donors (Lipinski definition) is 1. The van der Waals surface area contributed by atoms with Gasteiger partial charge < -0.3 is 10.1 Å². The highest BCUT2D eigenvalue weighted by molar-refractivity contribution is 5.61. The van der Waals surface area contributed by atoms with E-state index in [2.05, 4.69) is 15.3 Å². The number of rotatable bonds is 5. The number of nitrogens with one attached hydrogen (secondary N) is 1. The Labute approximate surface area is 120 Å². The Balaban J connectivity index is 2.33. The molecule has 0 aliphatic rings. The number of ether oxygens (including phenoxy) is 1. The molecule has 0 saturated heterocycles. The number of nitrogens with zero attached hydrogens (tertiary/aromatic N) is 3. The van der Waals surface area contributed by atoms with Crippen LogP contribution in [0.2, 0.25) is 0 Å². The molecular weight excluding hydrogens is 279 g/mol. The molecule has 110 valence electrons. The van der Waals surface area contributed by atoms with Crippen LogP contribution in [0.1, 0.15) is 18.5 Å². The van der Waals surface area contributed by atoms with Crippen molar-refractivity contribution in [2.24, 2.45) is 0 Å². The number of nitro groups is 1. The van der Waals surface area contributed by atoms with Gasteiger partial charge in [0.25, 0.3) is 5.88 Å². The van der Waals surface area contributed by atoms with Crippen LogP contribution in [0.3, 0.4) is 0 Å².